The third-order valence-corrected chi connectivity index (χ3v) is 2.46. The molecule has 4 heteroatoms. The van der Waals surface area contributed by atoms with Gasteiger partial charge >= 0.3 is 0 Å². The lowest BCUT2D eigenvalue weighted by atomic mass is 10.1. The van der Waals surface area contributed by atoms with Gasteiger partial charge in [-0.05, 0) is 12.1 Å². The first kappa shape index (κ1) is 11.6. The number of carbonyl (C=O) groups is 1. The summed E-state index contributed by atoms with van der Waals surface area (Å²) in [6.07, 6.45) is 0. The first-order valence-corrected chi connectivity index (χ1v) is 5.40. The molecule has 1 aromatic carbocycles. The van der Waals surface area contributed by atoms with E-state index in [1.54, 1.807) is 12.1 Å². The van der Waals surface area contributed by atoms with Crippen molar-refractivity contribution in [2.45, 2.75) is 0 Å². The minimum Gasteiger partial charge on any atom is -0.378 e. The van der Waals surface area contributed by atoms with Crippen LogP contribution < -0.4 is 0 Å². The van der Waals surface area contributed by atoms with Crippen molar-refractivity contribution < 1.29 is 13.9 Å². The molecule has 0 N–H and O–H groups in total. The highest BCUT2D eigenvalue weighted by molar-refractivity contribution is 6.09. The Morgan fingerprint density at radius 3 is 2.71 bits per heavy atom. The maximum atomic E-state index is 13.3. The van der Waals surface area contributed by atoms with E-state index in [1.807, 2.05) is 4.90 Å². The van der Waals surface area contributed by atoms with Gasteiger partial charge in [-0.15, -0.1) is 0 Å². The quantitative estimate of drug-likeness (QED) is 0.541. The van der Waals surface area contributed by atoms with Crippen LogP contribution in [-0.4, -0.2) is 37.0 Å². The molecule has 1 aliphatic heterocycles. The van der Waals surface area contributed by atoms with E-state index in [2.05, 4.69) is 12.0 Å². The van der Waals surface area contributed by atoms with Gasteiger partial charge in [-0.25, -0.2) is 4.39 Å². The number of ketones is 1. The second-order valence-corrected chi connectivity index (χ2v) is 3.65. The summed E-state index contributed by atoms with van der Waals surface area (Å²) in [4.78, 5) is 13.4. The summed E-state index contributed by atoms with van der Waals surface area (Å²) in [7, 11) is 0. The third-order valence-electron chi connectivity index (χ3n) is 2.46. The Labute approximate surface area is 99.2 Å². The lowest BCUT2D eigenvalue weighted by Gasteiger charge is -2.22. The highest BCUT2D eigenvalue weighted by Crippen LogP contribution is 2.06. The van der Waals surface area contributed by atoms with Gasteiger partial charge in [-0.3, -0.25) is 4.79 Å². The Hall–Kier alpha value is -1.86. The van der Waals surface area contributed by atoms with Crippen LogP contribution >= 0.6 is 0 Å². The van der Waals surface area contributed by atoms with E-state index in [0.29, 0.717) is 26.3 Å². The molecule has 0 bridgehead atoms. The molecule has 0 saturated carbocycles. The van der Waals surface area contributed by atoms with E-state index in [1.165, 1.54) is 12.1 Å². The zero-order valence-corrected chi connectivity index (χ0v) is 9.28. The maximum absolute atomic E-state index is 13.3. The molecule has 0 atom stereocenters. The smallest absolute Gasteiger partial charge is 0.240 e. The molecule has 1 fully saturated rings. The number of morpholine rings is 1. The summed E-state index contributed by atoms with van der Waals surface area (Å²) in [5.41, 5.74) is 0.0215. The van der Waals surface area contributed by atoms with Crippen LogP contribution in [0.4, 0.5) is 4.39 Å². The molecular weight excluding hydrogens is 221 g/mol. The number of Topliss-reactive ketones (excluding diaryl/α,β-unsaturated/α-hetero) is 1. The molecule has 17 heavy (non-hydrogen) atoms. The second kappa shape index (κ2) is 5.46. The van der Waals surface area contributed by atoms with Gasteiger partial charge in [0, 0.05) is 25.1 Å². The number of benzene rings is 1. The van der Waals surface area contributed by atoms with Gasteiger partial charge in [0.15, 0.2) is 0 Å². The molecule has 0 aliphatic carbocycles. The molecule has 1 aliphatic rings. The van der Waals surface area contributed by atoms with Crippen molar-refractivity contribution in [1.82, 2.24) is 4.90 Å². The molecule has 0 amide bonds. The number of ether oxygens (including phenoxy) is 1. The third kappa shape index (κ3) is 3.05. The lowest BCUT2D eigenvalue weighted by molar-refractivity contribution is 0.0637. The van der Waals surface area contributed by atoms with Crippen LogP contribution in [0.5, 0.6) is 0 Å². The number of hydrogen-bond acceptors (Lipinski definition) is 3. The molecule has 1 heterocycles. The summed E-state index contributed by atoms with van der Waals surface area (Å²) in [6.45, 7) is 2.58. The van der Waals surface area contributed by atoms with Gasteiger partial charge in [0.05, 0.1) is 18.8 Å². The second-order valence-electron chi connectivity index (χ2n) is 3.65. The fraction of sp³-hybridized carbons (Fsp3) is 0.308. The first-order valence-electron chi connectivity index (χ1n) is 5.40. The largest absolute Gasteiger partial charge is 0.378 e. The fourth-order valence-corrected chi connectivity index (χ4v) is 1.52. The molecule has 0 radical (unpaired) electrons. The molecular formula is C13H12FNO2. The van der Waals surface area contributed by atoms with E-state index in [0.717, 1.165) is 0 Å². The molecule has 1 saturated heterocycles. The van der Waals surface area contributed by atoms with Gasteiger partial charge in [0.1, 0.15) is 5.82 Å². The molecule has 0 unspecified atom stereocenters. The number of halogens is 1. The van der Waals surface area contributed by atoms with Crippen molar-refractivity contribution in [3.63, 3.8) is 0 Å². The Bertz CT molecular complexity index is 470. The highest BCUT2D eigenvalue weighted by atomic mass is 19.1. The SMILES string of the molecule is O=C(C#CN1CCOCC1)c1ccccc1F. The Morgan fingerprint density at radius 1 is 1.29 bits per heavy atom. The summed E-state index contributed by atoms with van der Waals surface area (Å²) in [5, 5.41) is 0. The van der Waals surface area contributed by atoms with Crippen LogP contribution in [0.25, 0.3) is 0 Å². The molecule has 3 nitrogen and oxygen atoms in total. The summed E-state index contributed by atoms with van der Waals surface area (Å²) >= 11 is 0. The van der Waals surface area contributed by atoms with Crippen molar-refractivity contribution >= 4 is 5.78 Å². The average Bonchev–Trinajstić information content (AvgIpc) is 2.38. The first-order chi connectivity index (χ1) is 8.27. The van der Waals surface area contributed by atoms with Crippen LogP contribution in [-0.2, 0) is 4.74 Å². The number of hydrogen-bond donors (Lipinski definition) is 0. The normalized spacial score (nSPS) is 15.0. The van der Waals surface area contributed by atoms with Gasteiger partial charge in [-0.2, -0.15) is 0 Å². The Morgan fingerprint density at radius 2 is 2.00 bits per heavy atom. The number of nitrogens with zero attached hydrogens (tertiary/aromatic N) is 1. The van der Waals surface area contributed by atoms with Crippen molar-refractivity contribution in [2.24, 2.45) is 0 Å². The van der Waals surface area contributed by atoms with Crippen molar-refractivity contribution in [1.29, 1.82) is 0 Å². The predicted molar refractivity (Wildman–Crippen MR) is 60.9 cm³/mol. The van der Waals surface area contributed by atoms with E-state index < -0.39 is 11.6 Å². The Balaban J connectivity index is 2.06. The number of carbonyl (C=O) groups excluding carboxylic acids is 1. The molecule has 2 rings (SSSR count). The summed E-state index contributed by atoms with van der Waals surface area (Å²) in [5.74, 6) is 1.43. The lowest BCUT2D eigenvalue weighted by Crippen LogP contribution is -2.32. The van der Waals surface area contributed by atoms with Gasteiger partial charge in [0.25, 0.3) is 0 Å². The fourth-order valence-electron chi connectivity index (χ4n) is 1.52. The monoisotopic (exact) mass is 233 g/mol. The highest BCUT2D eigenvalue weighted by Gasteiger charge is 2.09. The van der Waals surface area contributed by atoms with E-state index in [-0.39, 0.29) is 5.56 Å². The van der Waals surface area contributed by atoms with Gasteiger partial charge in [0.2, 0.25) is 5.78 Å². The summed E-state index contributed by atoms with van der Waals surface area (Å²) < 4.78 is 18.4. The van der Waals surface area contributed by atoms with Crippen LogP contribution in [0, 0.1) is 17.8 Å². The molecule has 0 aromatic heterocycles. The zero-order valence-electron chi connectivity index (χ0n) is 9.28. The predicted octanol–water partition coefficient (Wildman–Crippen LogP) is 1.30. The molecule has 1 aromatic rings. The maximum Gasteiger partial charge on any atom is 0.240 e. The standard InChI is InChI=1S/C13H12FNO2/c14-12-4-2-1-3-11(12)13(16)5-6-15-7-9-17-10-8-15/h1-4H,7-10H2. The molecule has 88 valence electrons. The summed E-state index contributed by atoms with van der Waals surface area (Å²) in [6, 6.07) is 8.58. The van der Waals surface area contributed by atoms with Crippen molar-refractivity contribution in [3.8, 4) is 12.0 Å². The minimum atomic E-state index is -0.534. The zero-order chi connectivity index (χ0) is 12.1. The van der Waals surface area contributed by atoms with E-state index in [9.17, 15) is 9.18 Å². The number of rotatable bonds is 1. The van der Waals surface area contributed by atoms with E-state index in [4.69, 9.17) is 4.74 Å². The van der Waals surface area contributed by atoms with E-state index >= 15 is 0 Å². The van der Waals surface area contributed by atoms with Crippen molar-refractivity contribution in [3.05, 3.63) is 35.6 Å². The Kier molecular flexibility index (Phi) is 3.73. The van der Waals surface area contributed by atoms with Gasteiger partial charge in [-0.1, -0.05) is 12.1 Å². The van der Waals surface area contributed by atoms with Gasteiger partial charge < -0.3 is 9.64 Å². The molecule has 0 spiro atoms. The van der Waals surface area contributed by atoms with Crippen LogP contribution in [0.3, 0.4) is 0 Å². The van der Waals surface area contributed by atoms with Crippen LogP contribution in [0.1, 0.15) is 10.4 Å². The minimum absolute atomic E-state index is 0.0215. The van der Waals surface area contributed by atoms with Crippen LogP contribution in [0.15, 0.2) is 24.3 Å². The van der Waals surface area contributed by atoms with Crippen LogP contribution in [0.2, 0.25) is 0 Å². The average molecular weight is 233 g/mol. The van der Waals surface area contributed by atoms with Crippen molar-refractivity contribution in [2.75, 3.05) is 26.3 Å². The topological polar surface area (TPSA) is 29.5 Å².